The van der Waals surface area contributed by atoms with Crippen molar-refractivity contribution >= 4 is 22.1 Å². The van der Waals surface area contributed by atoms with Gasteiger partial charge >= 0.3 is 11.9 Å². The molecule has 0 aliphatic heterocycles. The summed E-state index contributed by atoms with van der Waals surface area (Å²) in [7, 11) is -4.57. The van der Waals surface area contributed by atoms with Crippen molar-refractivity contribution in [3.05, 3.63) is 53.6 Å². The molecule has 7 nitrogen and oxygen atoms in total. The molecule has 0 bridgehead atoms. The summed E-state index contributed by atoms with van der Waals surface area (Å²) in [6.07, 6.45) is 42.3. The summed E-state index contributed by atoms with van der Waals surface area (Å²) in [5.41, 5.74) is -0.288. The Kier molecular flexibility index (Phi) is 30.3. The Morgan fingerprint density at radius 3 is 1.19 bits per heavy atom. The smallest absolute Gasteiger partial charge is 0.339 e. The lowest BCUT2D eigenvalue weighted by Crippen LogP contribution is -2.16. The van der Waals surface area contributed by atoms with Gasteiger partial charge in [-0.3, -0.25) is 4.55 Å². The summed E-state index contributed by atoms with van der Waals surface area (Å²) in [5.74, 6) is -1.52. The number of carbonyl (C=O) groups is 2. The molecule has 0 radical (unpaired) electrons. The second-order valence-electron chi connectivity index (χ2n) is 14.3. The largest absolute Gasteiger partial charge is 0.462 e. The molecule has 0 atom stereocenters. The minimum Gasteiger partial charge on any atom is -0.462 e. The number of esters is 2. The van der Waals surface area contributed by atoms with Crippen LogP contribution in [0.15, 0.2) is 47.4 Å². The number of carbonyl (C=O) groups excluding carboxylic acids is 2. The zero-order valence-electron chi connectivity index (χ0n) is 33.1. The van der Waals surface area contributed by atoms with Crippen molar-refractivity contribution in [3.8, 4) is 0 Å². The van der Waals surface area contributed by atoms with E-state index in [0.29, 0.717) is 12.8 Å². The first kappa shape index (κ1) is 47.6. The molecule has 298 valence electrons. The average molecular weight is 747 g/mol. The highest BCUT2D eigenvalue weighted by molar-refractivity contribution is 7.85. The van der Waals surface area contributed by atoms with Crippen molar-refractivity contribution in [2.45, 2.75) is 199 Å². The van der Waals surface area contributed by atoms with Gasteiger partial charge in [-0.05, 0) is 82.4 Å². The summed E-state index contributed by atoms with van der Waals surface area (Å²) in [6, 6.07) is 3.28. The van der Waals surface area contributed by atoms with Crippen LogP contribution in [0, 0.1) is 0 Å². The van der Waals surface area contributed by atoms with Crippen LogP contribution >= 0.6 is 0 Å². The molecule has 1 aromatic rings. The van der Waals surface area contributed by atoms with Gasteiger partial charge in [0.15, 0.2) is 0 Å². The maximum Gasteiger partial charge on any atom is 0.339 e. The molecule has 1 aromatic carbocycles. The second kappa shape index (κ2) is 33.1. The molecule has 52 heavy (non-hydrogen) atoms. The van der Waals surface area contributed by atoms with Gasteiger partial charge in [0.05, 0.1) is 29.2 Å². The van der Waals surface area contributed by atoms with Crippen LogP contribution in [0.25, 0.3) is 0 Å². The van der Waals surface area contributed by atoms with Crippen molar-refractivity contribution in [2.24, 2.45) is 0 Å². The van der Waals surface area contributed by atoms with Gasteiger partial charge in [-0.1, -0.05) is 154 Å². The van der Waals surface area contributed by atoms with E-state index in [2.05, 4.69) is 38.2 Å². The summed E-state index contributed by atoms with van der Waals surface area (Å²) >= 11 is 0. The number of hydrogen-bond donors (Lipinski definition) is 1. The van der Waals surface area contributed by atoms with Crippen LogP contribution < -0.4 is 0 Å². The van der Waals surface area contributed by atoms with Crippen LogP contribution in [0.4, 0.5) is 0 Å². The van der Waals surface area contributed by atoms with Gasteiger partial charge in [0.1, 0.15) is 0 Å². The maximum absolute atomic E-state index is 12.9. The van der Waals surface area contributed by atoms with E-state index in [9.17, 15) is 22.6 Å². The van der Waals surface area contributed by atoms with E-state index in [1.54, 1.807) is 0 Å². The van der Waals surface area contributed by atoms with E-state index in [1.165, 1.54) is 109 Å². The third-order valence-corrected chi connectivity index (χ3v) is 10.4. The topological polar surface area (TPSA) is 107 Å². The molecule has 0 heterocycles. The predicted octanol–water partition coefficient (Wildman–Crippen LogP) is 13.3. The van der Waals surface area contributed by atoms with Gasteiger partial charge in [0, 0.05) is 0 Å². The summed E-state index contributed by atoms with van der Waals surface area (Å²) < 4.78 is 43.8. The van der Waals surface area contributed by atoms with Crippen LogP contribution in [0.3, 0.4) is 0 Å². The van der Waals surface area contributed by atoms with Gasteiger partial charge in [0.2, 0.25) is 0 Å². The lowest BCUT2D eigenvalue weighted by atomic mass is 10.1. The molecular weight excluding hydrogens is 673 g/mol. The fraction of sp³-hybridized carbons (Fsp3) is 0.727. The minimum atomic E-state index is -4.57. The SMILES string of the molecule is CCCCCCCCC/C=C/CCCCCCCOC(=O)c1ccc(S(=O)(=O)O)cc1C(=O)OCCCCCCC/C=C/CCCCCCCCC. The number of benzene rings is 1. The molecular formula is C44H74O7S. The van der Waals surface area contributed by atoms with Crippen LogP contribution in [0.2, 0.25) is 0 Å². The molecule has 0 amide bonds. The Hall–Kier alpha value is -2.45. The Bertz CT molecular complexity index is 1200. The first-order valence-corrected chi connectivity index (χ1v) is 22.5. The monoisotopic (exact) mass is 747 g/mol. The number of hydrogen-bond acceptors (Lipinski definition) is 6. The standard InChI is InChI=1S/C44H74O7S/c1-3-5-7-9-11-13-15-17-19-21-23-25-27-29-31-33-37-50-43(45)41-36-35-40(52(47,48)49)39-42(41)44(46)51-38-34-32-30-28-26-24-22-20-18-16-14-12-10-8-6-4-2/h19-22,35-36,39H,3-18,23-34,37-38H2,1-2H3,(H,47,48,49)/b21-19+,22-20+. The van der Waals surface area contributed by atoms with E-state index in [-0.39, 0.29) is 24.3 Å². The van der Waals surface area contributed by atoms with E-state index in [4.69, 9.17) is 9.47 Å². The van der Waals surface area contributed by atoms with E-state index in [1.807, 2.05) is 0 Å². The molecule has 0 fully saturated rings. The van der Waals surface area contributed by atoms with Crippen molar-refractivity contribution in [1.82, 2.24) is 0 Å². The third-order valence-electron chi connectivity index (χ3n) is 9.51. The first-order chi connectivity index (χ1) is 25.3. The average Bonchev–Trinajstić information content (AvgIpc) is 3.13. The molecule has 0 saturated heterocycles. The van der Waals surface area contributed by atoms with Gasteiger partial charge in [-0.25, -0.2) is 9.59 Å². The zero-order valence-corrected chi connectivity index (χ0v) is 33.9. The predicted molar refractivity (Wildman–Crippen MR) is 216 cm³/mol. The van der Waals surface area contributed by atoms with Crippen molar-refractivity contribution in [3.63, 3.8) is 0 Å². The van der Waals surface area contributed by atoms with Crippen molar-refractivity contribution in [2.75, 3.05) is 13.2 Å². The summed E-state index contributed by atoms with van der Waals surface area (Å²) in [5, 5.41) is 0. The van der Waals surface area contributed by atoms with Crippen LogP contribution in [0.5, 0.6) is 0 Å². The molecule has 0 aromatic heterocycles. The van der Waals surface area contributed by atoms with Gasteiger partial charge in [-0.2, -0.15) is 8.42 Å². The third kappa shape index (κ3) is 26.3. The highest BCUT2D eigenvalue weighted by atomic mass is 32.2. The lowest BCUT2D eigenvalue weighted by molar-refractivity contribution is 0.0450. The van der Waals surface area contributed by atoms with E-state index >= 15 is 0 Å². The highest BCUT2D eigenvalue weighted by Gasteiger charge is 2.23. The minimum absolute atomic E-state index is 0.0688. The Balaban J connectivity index is 2.26. The van der Waals surface area contributed by atoms with Crippen molar-refractivity contribution < 1.29 is 32.0 Å². The number of rotatable bonds is 35. The van der Waals surface area contributed by atoms with E-state index in [0.717, 1.165) is 76.3 Å². The number of unbranched alkanes of at least 4 members (excludes halogenated alkanes) is 24. The maximum atomic E-state index is 12.9. The van der Waals surface area contributed by atoms with Gasteiger partial charge in [0.25, 0.3) is 10.1 Å². The first-order valence-electron chi connectivity index (χ1n) is 21.1. The normalized spacial score (nSPS) is 11.9. The molecule has 1 N–H and O–H groups in total. The van der Waals surface area contributed by atoms with Gasteiger partial charge in [-0.15, -0.1) is 0 Å². The molecule has 0 spiro atoms. The van der Waals surface area contributed by atoms with Crippen LogP contribution in [-0.4, -0.2) is 38.1 Å². The van der Waals surface area contributed by atoms with Gasteiger partial charge < -0.3 is 9.47 Å². The molecule has 1 rings (SSSR count). The summed E-state index contributed by atoms with van der Waals surface area (Å²) in [6.45, 7) is 4.87. The Labute approximate surface area is 318 Å². The molecule has 0 saturated carbocycles. The number of allylic oxidation sites excluding steroid dienone is 4. The quantitative estimate of drug-likeness (QED) is 0.0319. The fourth-order valence-corrected chi connectivity index (χ4v) is 6.72. The molecule has 0 unspecified atom stereocenters. The zero-order chi connectivity index (χ0) is 38.0. The fourth-order valence-electron chi connectivity index (χ4n) is 6.22. The van der Waals surface area contributed by atoms with Crippen LogP contribution in [-0.2, 0) is 19.6 Å². The van der Waals surface area contributed by atoms with E-state index < -0.39 is 27.0 Å². The number of ether oxygens (including phenoxy) is 2. The molecule has 0 aliphatic carbocycles. The Morgan fingerprint density at radius 2 is 0.827 bits per heavy atom. The lowest BCUT2D eigenvalue weighted by Gasteiger charge is -2.11. The molecule has 0 aliphatic rings. The summed E-state index contributed by atoms with van der Waals surface area (Å²) in [4.78, 5) is 25.3. The van der Waals surface area contributed by atoms with Crippen molar-refractivity contribution in [1.29, 1.82) is 0 Å². The second-order valence-corrected chi connectivity index (χ2v) is 15.8. The van der Waals surface area contributed by atoms with Crippen LogP contribution in [0.1, 0.15) is 214 Å². The highest BCUT2D eigenvalue weighted by Crippen LogP contribution is 2.20. The Morgan fingerprint density at radius 1 is 0.500 bits per heavy atom. The molecule has 8 heteroatoms.